The molecule has 0 amide bonds. The van der Waals surface area contributed by atoms with E-state index in [1.54, 1.807) is 0 Å². The largest absolute Gasteiger partial charge is 0.462 e. The molecule has 160 valence electrons. The maximum Gasteiger partial charge on any atom is 0.303 e. The molecule has 0 heterocycles. The number of aliphatic hydroxyl groups excluding tert-OH is 1. The number of ether oxygens (including phenoxy) is 2. The molecule has 2 aliphatic rings. The van der Waals surface area contributed by atoms with Gasteiger partial charge in [0.2, 0.25) is 0 Å². The number of aliphatic hydroxyl groups is 1. The average molecular weight is 395 g/mol. The number of hydrogen-bond donors (Lipinski definition) is 1. The van der Waals surface area contributed by atoms with E-state index in [9.17, 15) is 14.7 Å². The first-order valence-corrected chi connectivity index (χ1v) is 10.7. The van der Waals surface area contributed by atoms with E-state index < -0.39 is 5.60 Å². The van der Waals surface area contributed by atoms with Crippen molar-refractivity contribution in [3.63, 3.8) is 0 Å². The number of carbonyl (C=O) groups is 2. The van der Waals surface area contributed by atoms with Crippen LogP contribution in [0.4, 0.5) is 0 Å². The van der Waals surface area contributed by atoms with E-state index in [1.807, 2.05) is 13.8 Å². The molecule has 2 aliphatic carbocycles. The Labute approximate surface area is 169 Å². The maximum absolute atomic E-state index is 11.9. The van der Waals surface area contributed by atoms with Gasteiger partial charge in [-0.25, -0.2) is 0 Å². The van der Waals surface area contributed by atoms with Crippen LogP contribution in [-0.2, 0) is 19.1 Å². The van der Waals surface area contributed by atoms with Crippen molar-refractivity contribution >= 4 is 11.9 Å². The predicted octanol–water partition coefficient (Wildman–Crippen LogP) is 4.42. The van der Waals surface area contributed by atoms with Gasteiger partial charge in [0.15, 0.2) is 0 Å². The van der Waals surface area contributed by atoms with Crippen LogP contribution in [0.2, 0.25) is 0 Å². The van der Waals surface area contributed by atoms with Crippen molar-refractivity contribution in [2.75, 3.05) is 0 Å². The first-order chi connectivity index (χ1) is 12.9. The fourth-order valence-corrected chi connectivity index (χ4v) is 5.34. The topological polar surface area (TPSA) is 72.8 Å². The zero-order chi connectivity index (χ0) is 21.1. The van der Waals surface area contributed by atoms with E-state index in [0.717, 1.165) is 25.7 Å². The van der Waals surface area contributed by atoms with Gasteiger partial charge in [0.25, 0.3) is 0 Å². The lowest BCUT2D eigenvalue weighted by molar-refractivity contribution is -0.169. The number of carbonyl (C=O) groups excluding carboxylic acids is 2. The molecule has 0 aromatic heterocycles. The molecule has 0 radical (unpaired) electrons. The Hall–Kier alpha value is -1.36. The van der Waals surface area contributed by atoms with Crippen LogP contribution in [0.1, 0.15) is 80.1 Å². The molecule has 0 saturated heterocycles. The molecule has 6 atom stereocenters. The highest BCUT2D eigenvalue weighted by Gasteiger charge is 2.54. The molecule has 28 heavy (non-hydrogen) atoms. The summed E-state index contributed by atoms with van der Waals surface area (Å²) in [6, 6.07) is 0. The monoisotopic (exact) mass is 394 g/mol. The molecular formula is C23H38O5. The van der Waals surface area contributed by atoms with Gasteiger partial charge in [-0.1, -0.05) is 26.0 Å². The number of fused-ring (bicyclic) bond motifs is 1. The summed E-state index contributed by atoms with van der Waals surface area (Å²) in [6.45, 7) is 11.2. The Kier molecular flexibility index (Phi) is 7.35. The Balaban J connectivity index is 2.46. The van der Waals surface area contributed by atoms with Crippen LogP contribution in [-0.4, -0.2) is 34.9 Å². The summed E-state index contributed by atoms with van der Waals surface area (Å²) in [5, 5.41) is 10.4. The minimum absolute atomic E-state index is 0.0273. The first-order valence-electron chi connectivity index (χ1n) is 10.7. The molecule has 5 nitrogen and oxygen atoms in total. The SMILES string of the molecule is CC(=O)O[C@H]1CC[C@@H](O)CC[C@@H](C)/C=C/[C@@]2(C)CC[C@@H](C(C)(C)OC(C)=O)[C@H]12. The fraction of sp³-hybridized carbons (Fsp3) is 0.826. The van der Waals surface area contributed by atoms with E-state index in [0.29, 0.717) is 18.8 Å². The summed E-state index contributed by atoms with van der Waals surface area (Å²) in [5.41, 5.74) is -0.795. The van der Waals surface area contributed by atoms with Gasteiger partial charge >= 0.3 is 11.9 Å². The Bertz CT molecular complexity index is 596. The Morgan fingerprint density at radius 3 is 2.32 bits per heavy atom. The molecule has 1 fully saturated rings. The van der Waals surface area contributed by atoms with Crippen LogP contribution in [0.15, 0.2) is 12.2 Å². The van der Waals surface area contributed by atoms with Crippen LogP contribution in [0.3, 0.4) is 0 Å². The molecule has 1 N–H and O–H groups in total. The molecular weight excluding hydrogens is 356 g/mol. The second-order valence-corrected chi connectivity index (χ2v) is 9.67. The van der Waals surface area contributed by atoms with Crippen molar-refractivity contribution in [1.29, 1.82) is 0 Å². The minimum atomic E-state index is -0.648. The third-order valence-corrected chi connectivity index (χ3v) is 6.75. The molecule has 0 aliphatic heterocycles. The molecule has 2 rings (SSSR count). The molecule has 1 saturated carbocycles. The van der Waals surface area contributed by atoms with Gasteiger partial charge in [0.05, 0.1) is 6.10 Å². The van der Waals surface area contributed by atoms with E-state index in [2.05, 4.69) is 26.0 Å². The predicted molar refractivity (Wildman–Crippen MR) is 108 cm³/mol. The number of rotatable bonds is 3. The lowest BCUT2D eigenvalue weighted by Crippen LogP contribution is -2.46. The maximum atomic E-state index is 11.9. The van der Waals surface area contributed by atoms with Crippen LogP contribution >= 0.6 is 0 Å². The quantitative estimate of drug-likeness (QED) is 0.567. The van der Waals surface area contributed by atoms with Crippen LogP contribution in [0, 0.1) is 23.2 Å². The first kappa shape index (κ1) is 22.9. The van der Waals surface area contributed by atoms with Crippen LogP contribution in [0.25, 0.3) is 0 Å². The van der Waals surface area contributed by atoms with Crippen molar-refractivity contribution in [1.82, 2.24) is 0 Å². The van der Waals surface area contributed by atoms with Gasteiger partial charge in [0, 0.05) is 25.7 Å². The summed E-state index contributed by atoms with van der Waals surface area (Å²) in [4.78, 5) is 23.6. The highest BCUT2D eigenvalue weighted by Crippen LogP contribution is 2.55. The van der Waals surface area contributed by atoms with Gasteiger partial charge in [0.1, 0.15) is 11.7 Å². The van der Waals surface area contributed by atoms with Crippen LogP contribution in [0.5, 0.6) is 0 Å². The molecule has 0 bridgehead atoms. The summed E-state index contributed by atoms with van der Waals surface area (Å²) in [6.07, 6.45) is 8.63. The van der Waals surface area contributed by atoms with Crippen molar-refractivity contribution in [2.24, 2.45) is 23.2 Å². The van der Waals surface area contributed by atoms with Crippen LogP contribution < -0.4 is 0 Å². The molecule has 0 aromatic rings. The smallest absolute Gasteiger partial charge is 0.303 e. The second kappa shape index (κ2) is 8.98. The van der Waals surface area contributed by atoms with Crippen molar-refractivity contribution in [2.45, 2.75) is 97.9 Å². The zero-order valence-corrected chi connectivity index (χ0v) is 18.4. The lowest BCUT2D eigenvalue weighted by Gasteiger charge is -2.42. The summed E-state index contributed by atoms with van der Waals surface area (Å²) >= 11 is 0. The van der Waals surface area contributed by atoms with E-state index in [-0.39, 0.29) is 41.4 Å². The van der Waals surface area contributed by atoms with E-state index in [1.165, 1.54) is 13.8 Å². The lowest BCUT2D eigenvalue weighted by atomic mass is 9.68. The van der Waals surface area contributed by atoms with Crippen molar-refractivity contribution < 1.29 is 24.2 Å². The molecule has 0 aromatic carbocycles. The minimum Gasteiger partial charge on any atom is -0.462 e. The summed E-state index contributed by atoms with van der Waals surface area (Å²) in [7, 11) is 0. The highest BCUT2D eigenvalue weighted by atomic mass is 16.6. The van der Waals surface area contributed by atoms with Crippen molar-refractivity contribution in [3.05, 3.63) is 12.2 Å². The van der Waals surface area contributed by atoms with E-state index in [4.69, 9.17) is 9.47 Å². The number of allylic oxidation sites excluding steroid dienone is 2. The van der Waals surface area contributed by atoms with Crippen molar-refractivity contribution in [3.8, 4) is 0 Å². The Morgan fingerprint density at radius 1 is 1.07 bits per heavy atom. The summed E-state index contributed by atoms with van der Waals surface area (Å²) < 4.78 is 11.5. The fourth-order valence-electron chi connectivity index (χ4n) is 5.34. The molecule has 0 unspecified atom stereocenters. The molecule has 0 spiro atoms. The third-order valence-electron chi connectivity index (χ3n) is 6.75. The van der Waals surface area contributed by atoms with Gasteiger partial charge in [-0.3, -0.25) is 9.59 Å². The standard InChI is InChI=1S/C23H38O5/c1-15-7-8-18(26)9-10-20(27-16(2)24)21-19(22(4,5)28-17(3)25)12-14-23(21,6)13-11-15/h11,13,15,18-21,26H,7-10,12,14H2,1-6H3/b13-11+/t15-,18+,19-,20+,21-,23+/m1/s1. The second-order valence-electron chi connectivity index (χ2n) is 9.67. The highest BCUT2D eigenvalue weighted by molar-refractivity contribution is 5.67. The normalized spacial score (nSPS) is 38.0. The Morgan fingerprint density at radius 2 is 1.71 bits per heavy atom. The van der Waals surface area contributed by atoms with Gasteiger partial charge < -0.3 is 14.6 Å². The number of hydrogen-bond acceptors (Lipinski definition) is 5. The number of esters is 2. The summed E-state index contributed by atoms with van der Waals surface area (Å²) in [5.74, 6) is -0.107. The van der Waals surface area contributed by atoms with Gasteiger partial charge in [-0.05, 0) is 63.7 Å². The average Bonchev–Trinajstić information content (AvgIpc) is 2.91. The van der Waals surface area contributed by atoms with Gasteiger partial charge in [-0.2, -0.15) is 0 Å². The zero-order valence-electron chi connectivity index (χ0n) is 18.4. The van der Waals surface area contributed by atoms with Gasteiger partial charge in [-0.15, -0.1) is 0 Å². The van der Waals surface area contributed by atoms with E-state index >= 15 is 0 Å². The third kappa shape index (κ3) is 5.59. The molecule has 5 heteroatoms.